The molecule has 1 atom stereocenters. The van der Waals surface area contributed by atoms with Crippen LogP contribution in [0.15, 0.2) is 40.5 Å². The zero-order chi connectivity index (χ0) is 16.0. The number of carbonyl (C=O) groups is 1. The number of benzene rings is 1. The van der Waals surface area contributed by atoms with Crippen LogP contribution in [0.5, 0.6) is 0 Å². The van der Waals surface area contributed by atoms with Gasteiger partial charge in [0.1, 0.15) is 0 Å². The molecule has 4 rings (SSSR count). The van der Waals surface area contributed by atoms with Crippen LogP contribution in [0, 0.1) is 5.92 Å². The summed E-state index contributed by atoms with van der Waals surface area (Å²) in [6.45, 7) is 5.21. The van der Waals surface area contributed by atoms with Gasteiger partial charge in [-0.15, -0.1) is 0 Å². The summed E-state index contributed by atoms with van der Waals surface area (Å²) >= 11 is 0. The summed E-state index contributed by atoms with van der Waals surface area (Å²) in [5.41, 5.74) is 5.85. The summed E-state index contributed by atoms with van der Waals surface area (Å²) in [5, 5.41) is 1.12. The van der Waals surface area contributed by atoms with Crippen LogP contribution in [0.3, 0.4) is 0 Å². The summed E-state index contributed by atoms with van der Waals surface area (Å²) < 4.78 is 2.32. The van der Waals surface area contributed by atoms with Gasteiger partial charge in [-0.1, -0.05) is 18.2 Å². The number of fused-ring (bicyclic) bond motifs is 3. The zero-order valence-corrected chi connectivity index (χ0v) is 13.8. The number of aliphatic imine (C=N–C) groups is 1. The molecule has 1 aromatic heterocycles. The molecule has 23 heavy (non-hydrogen) atoms. The van der Waals surface area contributed by atoms with E-state index in [0.29, 0.717) is 5.78 Å². The molecule has 1 aliphatic heterocycles. The fraction of sp³-hybridized carbons (Fsp3) is 0.400. The Kier molecular flexibility index (Phi) is 3.44. The molecule has 1 unspecified atom stereocenters. The van der Waals surface area contributed by atoms with E-state index < -0.39 is 0 Å². The van der Waals surface area contributed by atoms with E-state index in [1.54, 1.807) is 0 Å². The Hall–Kier alpha value is -2.16. The van der Waals surface area contributed by atoms with Gasteiger partial charge in [0.15, 0.2) is 5.78 Å². The molecule has 3 nitrogen and oxygen atoms in total. The molecule has 0 amide bonds. The summed E-state index contributed by atoms with van der Waals surface area (Å²) in [6, 6.07) is 8.32. The number of ketones is 1. The van der Waals surface area contributed by atoms with E-state index >= 15 is 0 Å². The number of aromatic nitrogens is 1. The van der Waals surface area contributed by atoms with Crippen molar-refractivity contribution in [2.24, 2.45) is 10.9 Å². The summed E-state index contributed by atoms with van der Waals surface area (Å²) in [4.78, 5) is 17.6. The van der Waals surface area contributed by atoms with Gasteiger partial charge >= 0.3 is 0 Å². The van der Waals surface area contributed by atoms with Gasteiger partial charge in [-0.2, -0.15) is 0 Å². The van der Waals surface area contributed by atoms with Crippen molar-refractivity contribution in [1.29, 1.82) is 0 Å². The molecule has 0 N–H and O–H groups in total. The number of aryl methyl sites for hydroxylation is 1. The van der Waals surface area contributed by atoms with Crippen molar-refractivity contribution < 1.29 is 4.79 Å². The third kappa shape index (κ3) is 2.18. The molecule has 118 valence electrons. The van der Waals surface area contributed by atoms with Gasteiger partial charge in [0.05, 0.1) is 0 Å². The van der Waals surface area contributed by atoms with E-state index in [1.807, 2.05) is 12.3 Å². The highest BCUT2D eigenvalue weighted by atomic mass is 16.1. The van der Waals surface area contributed by atoms with Crippen molar-refractivity contribution in [3.63, 3.8) is 0 Å². The molecule has 0 saturated heterocycles. The van der Waals surface area contributed by atoms with Crippen LogP contribution in [-0.4, -0.2) is 16.6 Å². The normalized spacial score (nSPS) is 20.6. The topological polar surface area (TPSA) is 34.4 Å². The average Bonchev–Trinajstić information content (AvgIpc) is 3.11. The van der Waals surface area contributed by atoms with Crippen LogP contribution in [0.2, 0.25) is 0 Å². The van der Waals surface area contributed by atoms with Crippen molar-refractivity contribution in [3.05, 3.63) is 46.8 Å². The fourth-order valence-corrected chi connectivity index (χ4v) is 4.07. The Morgan fingerprint density at radius 3 is 2.87 bits per heavy atom. The highest BCUT2D eigenvalue weighted by molar-refractivity contribution is 6.11. The summed E-state index contributed by atoms with van der Waals surface area (Å²) in [5.74, 6) is 0.399. The molecule has 2 aliphatic rings. The Morgan fingerprint density at radius 1 is 1.30 bits per heavy atom. The smallest absolute Gasteiger partial charge is 0.168 e. The van der Waals surface area contributed by atoms with Crippen molar-refractivity contribution >= 4 is 22.9 Å². The number of nitrogens with zero attached hydrogens (tertiary/aromatic N) is 2. The van der Waals surface area contributed by atoms with E-state index in [9.17, 15) is 4.79 Å². The minimum atomic E-state index is 0.0822. The third-order valence-corrected chi connectivity index (χ3v) is 5.32. The molecule has 0 spiro atoms. The summed E-state index contributed by atoms with van der Waals surface area (Å²) in [7, 11) is 0. The highest BCUT2D eigenvalue weighted by Gasteiger charge is 2.33. The van der Waals surface area contributed by atoms with Gasteiger partial charge in [-0.3, -0.25) is 9.79 Å². The number of carbonyl (C=O) groups excluding carboxylic acids is 1. The molecule has 0 saturated carbocycles. The van der Waals surface area contributed by atoms with Gasteiger partial charge in [0, 0.05) is 53.0 Å². The van der Waals surface area contributed by atoms with Crippen LogP contribution < -0.4 is 0 Å². The second-order valence-electron chi connectivity index (χ2n) is 6.63. The van der Waals surface area contributed by atoms with Crippen molar-refractivity contribution in [2.75, 3.05) is 0 Å². The van der Waals surface area contributed by atoms with Gasteiger partial charge in [0.2, 0.25) is 0 Å². The Bertz CT molecular complexity index is 854. The molecular weight excluding hydrogens is 284 g/mol. The van der Waals surface area contributed by atoms with Crippen molar-refractivity contribution in [3.8, 4) is 0 Å². The zero-order valence-electron chi connectivity index (χ0n) is 13.8. The van der Waals surface area contributed by atoms with Gasteiger partial charge < -0.3 is 4.57 Å². The standard InChI is InChI=1S/C20H22N2O/c1-3-22-17-7-5-4-6-15(17)19-18(22)9-8-14(20(19)23)12-16-13(2)10-11-21-16/h4-7,11,14H,3,8-10,12H2,1-2H3. The van der Waals surface area contributed by atoms with Crippen molar-refractivity contribution in [2.45, 2.75) is 46.1 Å². The maximum Gasteiger partial charge on any atom is 0.168 e. The van der Waals surface area contributed by atoms with Crippen LogP contribution >= 0.6 is 0 Å². The first-order valence-electron chi connectivity index (χ1n) is 8.56. The quantitative estimate of drug-likeness (QED) is 0.819. The molecule has 1 aromatic carbocycles. The average molecular weight is 306 g/mol. The first kappa shape index (κ1) is 14.4. The lowest BCUT2D eigenvalue weighted by Gasteiger charge is -2.23. The Balaban J connectivity index is 1.77. The lowest BCUT2D eigenvalue weighted by molar-refractivity contribution is 0.0901. The lowest BCUT2D eigenvalue weighted by Crippen LogP contribution is -2.23. The largest absolute Gasteiger partial charge is 0.344 e. The van der Waals surface area contributed by atoms with Crippen molar-refractivity contribution in [1.82, 2.24) is 4.57 Å². The van der Waals surface area contributed by atoms with Gasteiger partial charge in [0.25, 0.3) is 0 Å². The monoisotopic (exact) mass is 306 g/mol. The molecule has 3 heteroatoms. The van der Waals surface area contributed by atoms with Crippen LogP contribution in [0.4, 0.5) is 0 Å². The molecule has 1 aliphatic carbocycles. The van der Waals surface area contributed by atoms with E-state index in [2.05, 4.69) is 41.6 Å². The maximum absolute atomic E-state index is 13.2. The second-order valence-corrected chi connectivity index (χ2v) is 6.63. The van der Waals surface area contributed by atoms with E-state index in [-0.39, 0.29) is 5.92 Å². The summed E-state index contributed by atoms with van der Waals surface area (Å²) in [6.07, 6.45) is 5.63. The lowest BCUT2D eigenvalue weighted by atomic mass is 9.82. The second kappa shape index (κ2) is 5.48. The highest BCUT2D eigenvalue weighted by Crippen LogP contribution is 2.37. The number of hydrogen-bond donors (Lipinski definition) is 0. The third-order valence-electron chi connectivity index (χ3n) is 5.32. The van der Waals surface area contributed by atoms with Crippen LogP contribution in [0.25, 0.3) is 10.9 Å². The first-order valence-corrected chi connectivity index (χ1v) is 8.56. The van der Waals surface area contributed by atoms with E-state index in [0.717, 1.165) is 48.9 Å². The molecule has 2 aromatic rings. The van der Waals surface area contributed by atoms with Gasteiger partial charge in [-0.25, -0.2) is 0 Å². The Morgan fingerprint density at radius 2 is 2.13 bits per heavy atom. The van der Waals surface area contributed by atoms with Gasteiger partial charge in [-0.05, 0) is 44.7 Å². The SMILES string of the molecule is CCn1c2c(c3ccccc31)C(=O)C(CC1=C(C)CC=N1)CC2. The molecule has 2 heterocycles. The minimum absolute atomic E-state index is 0.0822. The predicted molar refractivity (Wildman–Crippen MR) is 94.2 cm³/mol. The molecule has 0 bridgehead atoms. The molecule has 0 radical (unpaired) electrons. The maximum atomic E-state index is 13.2. The van der Waals surface area contributed by atoms with E-state index in [4.69, 9.17) is 0 Å². The number of rotatable bonds is 3. The minimum Gasteiger partial charge on any atom is -0.344 e. The molecular formula is C20H22N2O. The van der Waals surface area contributed by atoms with Crippen LogP contribution in [-0.2, 0) is 13.0 Å². The van der Waals surface area contributed by atoms with Crippen LogP contribution in [0.1, 0.15) is 49.2 Å². The number of Topliss-reactive ketones (excluding diaryl/α,β-unsaturated/α-hetero) is 1. The fourth-order valence-electron chi connectivity index (χ4n) is 4.07. The number of hydrogen-bond acceptors (Lipinski definition) is 2. The van der Waals surface area contributed by atoms with E-state index in [1.165, 1.54) is 16.8 Å². The number of para-hydroxylation sites is 1. The first-order chi connectivity index (χ1) is 11.2. The predicted octanol–water partition coefficient (Wildman–Crippen LogP) is 4.54. The Labute approximate surface area is 136 Å². The number of allylic oxidation sites excluding steroid dienone is 2. The molecule has 0 fully saturated rings.